The first-order chi connectivity index (χ1) is 12.9. The first kappa shape index (κ1) is 20.6. The molecule has 2 aromatic rings. The molecule has 0 spiro atoms. The van der Waals surface area contributed by atoms with Gasteiger partial charge in [0.1, 0.15) is 0 Å². The van der Waals surface area contributed by atoms with Crippen LogP contribution in [0.2, 0.25) is 0 Å². The van der Waals surface area contributed by atoms with Gasteiger partial charge in [-0.2, -0.15) is 5.10 Å². The van der Waals surface area contributed by atoms with Gasteiger partial charge in [-0.1, -0.05) is 32.0 Å². The third-order valence-electron chi connectivity index (χ3n) is 4.09. The zero-order valence-corrected chi connectivity index (χ0v) is 16.0. The molecule has 1 unspecified atom stereocenters. The predicted octanol–water partition coefficient (Wildman–Crippen LogP) is 2.89. The second kappa shape index (κ2) is 9.87. The third kappa shape index (κ3) is 5.92. The Bertz CT molecular complexity index is 756. The summed E-state index contributed by atoms with van der Waals surface area (Å²) in [6.45, 7) is 6.67. The van der Waals surface area contributed by atoms with Crippen molar-refractivity contribution in [3.63, 3.8) is 0 Å². The monoisotopic (exact) mass is 373 g/mol. The van der Waals surface area contributed by atoms with E-state index in [1.165, 1.54) is 0 Å². The van der Waals surface area contributed by atoms with Gasteiger partial charge in [0.15, 0.2) is 5.69 Å². The number of nitrogens with zero attached hydrogens (tertiary/aromatic N) is 2. The van der Waals surface area contributed by atoms with E-state index in [0.29, 0.717) is 31.0 Å². The lowest BCUT2D eigenvalue weighted by Crippen LogP contribution is -2.29. The van der Waals surface area contributed by atoms with Crippen molar-refractivity contribution in [2.45, 2.75) is 33.7 Å². The van der Waals surface area contributed by atoms with Crippen LogP contribution in [-0.4, -0.2) is 40.0 Å². The van der Waals surface area contributed by atoms with Gasteiger partial charge in [0.25, 0.3) is 0 Å². The number of para-hydroxylation sites is 1. The Morgan fingerprint density at radius 3 is 2.56 bits per heavy atom. The van der Waals surface area contributed by atoms with Crippen molar-refractivity contribution in [1.82, 2.24) is 15.1 Å². The van der Waals surface area contributed by atoms with Crippen LogP contribution in [0, 0.1) is 11.8 Å². The number of aromatic nitrogens is 2. The molecular weight excluding hydrogens is 346 g/mol. The Morgan fingerprint density at radius 1 is 1.26 bits per heavy atom. The van der Waals surface area contributed by atoms with Gasteiger partial charge >= 0.3 is 11.9 Å². The van der Waals surface area contributed by atoms with Crippen molar-refractivity contribution >= 4 is 11.9 Å². The van der Waals surface area contributed by atoms with Gasteiger partial charge in [-0.15, -0.1) is 0 Å². The molecule has 1 atom stereocenters. The van der Waals surface area contributed by atoms with Gasteiger partial charge in [-0.05, 0) is 31.4 Å². The van der Waals surface area contributed by atoms with E-state index < -0.39 is 17.9 Å². The van der Waals surface area contributed by atoms with Gasteiger partial charge in [0.05, 0.1) is 18.2 Å². The number of esters is 1. The predicted molar refractivity (Wildman–Crippen MR) is 102 cm³/mol. The number of hydrogen-bond acceptors (Lipinski definition) is 5. The van der Waals surface area contributed by atoms with Crippen molar-refractivity contribution in [2.75, 3.05) is 13.2 Å². The molecule has 0 bridgehead atoms. The van der Waals surface area contributed by atoms with Crippen molar-refractivity contribution < 1.29 is 19.4 Å². The number of rotatable bonds is 10. The topological polar surface area (TPSA) is 93.5 Å². The SMILES string of the molecule is CCOC(=O)c1nn(-c2ccccc2)cc1CNCC(CC(C)C)C(=O)O. The maximum absolute atomic E-state index is 12.2. The van der Waals surface area contributed by atoms with E-state index in [1.807, 2.05) is 44.2 Å². The van der Waals surface area contributed by atoms with E-state index in [0.717, 1.165) is 5.69 Å². The molecule has 1 heterocycles. The Balaban J connectivity index is 2.15. The van der Waals surface area contributed by atoms with E-state index in [2.05, 4.69) is 10.4 Å². The molecule has 2 rings (SSSR count). The van der Waals surface area contributed by atoms with Crippen LogP contribution >= 0.6 is 0 Å². The fourth-order valence-corrected chi connectivity index (χ4v) is 2.84. The van der Waals surface area contributed by atoms with E-state index in [1.54, 1.807) is 17.8 Å². The number of nitrogens with one attached hydrogen (secondary N) is 1. The summed E-state index contributed by atoms with van der Waals surface area (Å²) in [6, 6.07) is 9.47. The first-order valence-electron chi connectivity index (χ1n) is 9.17. The minimum absolute atomic E-state index is 0.240. The highest BCUT2D eigenvalue weighted by Gasteiger charge is 2.21. The van der Waals surface area contributed by atoms with Crippen molar-refractivity contribution in [3.05, 3.63) is 47.8 Å². The number of carboxylic acid groups (broad SMARTS) is 1. The number of aliphatic carboxylic acids is 1. The van der Waals surface area contributed by atoms with Crippen molar-refractivity contribution in [3.8, 4) is 5.69 Å². The number of carboxylic acids is 1. The summed E-state index contributed by atoms with van der Waals surface area (Å²) < 4.78 is 6.73. The van der Waals surface area contributed by atoms with E-state index in [-0.39, 0.29) is 12.3 Å². The zero-order chi connectivity index (χ0) is 19.8. The van der Waals surface area contributed by atoms with Crippen LogP contribution in [0.15, 0.2) is 36.5 Å². The molecule has 0 aliphatic carbocycles. The lowest BCUT2D eigenvalue weighted by Gasteiger charge is -2.15. The normalized spacial score (nSPS) is 12.1. The van der Waals surface area contributed by atoms with Crippen LogP contribution in [-0.2, 0) is 16.1 Å². The summed E-state index contributed by atoms with van der Waals surface area (Å²) in [5.41, 5.74) is 1.74. The number of hydrogen-bond donors (Lipinski definition) is 2. The number of carbonyl (C=O) groups excluding carboxylic acids is 1. The highest BCUT2D eigenvalue weighted by atomic mass is 16.5. The number of carbonyl (C=O) groups is 2. The number of ether oxygens (including phenoxy) is 1. The highest BCUT2D eigenvalue weighted by Crippen LogP contribution is 2.15. The summed E-state index contributed by atoms with van der Waals surface area (Å²) >= 11 is 0. The second-order valence-electron chi connectivity index (χ2n) is 6.80. The third-order valence-corrected chi connectivity index (χ3v) is 4.09. The largest absolute Gasteiger partial charge is 0.481 e. The molecule has 0 aliphatic rings. The zero-order valence-electron chi connectivity index (χ0n) is 16.0. The van der Waals surface area contributed by atoms with Crippen molar-refractivity contribution in [1.29, 1.82) is 0 Å². The van der Waals surface area contributed by atoms with Crippen LogP contribution in [0.5, 0.6) is 0 Å². The average Bonchev–Trinajstić information content (AvgIpc) is 3.06. The molecular formula is C20H27N3O4. The van der Waals surface area contributed by atoms with Crippen LogP contribution in [0.1, 0.15) is 43.2 Å². The average molecular weight is 373 g/mol. The number of benzene rings is 1. The molecule has 27 heavy (non-hydrogen) atoms. The van der Waals surface area contributed by atoms with E-state index >= 15 is 0 Å². The van der Waals surface area contributed by atoms with Crippen molar-refractivity contribution in [2.24, 2.45) is 11.8 Å². The first-order valence-corrected chi connectivity index (χ1v) is 9.17. The summed E-state index contributed by atoms with van der Waals surface area (Å²) in [5, 5.41) is 16.9. The van der Waals surface area contributed by atoms with Gasteiger partial charge in [0.2, 0.25) is 0 Å². The minimum atomic E-state index is -0.818. The van der Waals surface area contributed by atoms with Crippen LogP contribution in [0.25, 0.3) is 5.69 Å². The summed E-state index contributed by atoms with van der Waals surface area (Å²) in [7, 11) is 0. The molecule has 7 heteroatoms. The van der Waals surface area contributed by atoms with Gasteiger partial charge < -0.3 is 15.2 Å². The summed E-state index contributed by atoms with van der Waals surface area (Å²) in [5.74, 6) is -1.48. The smallest absolute Gasteiger partial charge is 0.359 e. The second-order valence-corrected chi connectivity index (χ2v) is 6.80. The molecule has 0 saturated carbocycles. The molecule has 0 amide bonds. The van der Waals surface area contributed by atoms with Crippen LogP contribution in [0.4, 0.5) is 0 Å². The lowest BCUT2D eigenvalue weighted by atomic mass is 9.97. The maximum Gasteiger partial charge on any atom is 0.359 e. The quantitative estimate of drug-likeness (QED) is 0.622. The Hall–Kier alpha value is -2.67. The van der Waals surface area contributed by atoms with Gasteiger partial charge in [-0.25, -0.2) is 9.48 Å². The minimum Gasteiger partial charge on any atom is -0.481 e. The molecule has 1 aromatic carbocycles. The molecule has 0 fully saturated rings. The molecule has 0 radical (unpaired) electrons. The summed E-state index contributed by atoms with van der Waals surface area (Å²) in [6.07, 6.45) is 2.36. The lowest BCUT2D eigenvalue weighted by molar-refractivity contribution is -0.142. The Morgan fingerprint density at radius 2 is 1.96 bits per heavy atom. The fourth-order valence-electron chi connectivity index (χ4n) is 2.84. The summed E-state index contributed by atoms with van der Waals surface area (Å²) in [4.78, 5) is 23.6. The molecule has 146 valence electrons. The van der Waals surface area contributed by atoms with E-state index in [4.69, 9.17) is 4.74 Å². The molecule has 1 aromatic heterocycles. The molecule has 7 nitrogen and oxygen atoms in total. The maximum atomic E-state index is 12.2. The molecule has 0 aliphatic heterocycles. The molecule has 2 N–H and O–H groups in total. The fraction of sp³-hybridized carbons (Fsp3) is 0.450. The standard InChI is InChI=1S/C20H27N3O4/c1-4-27-20(26)18-16(12-21-11-15(19(24)25)10-14(2)3)13-23(22-18)17-8-6-5-7-9-17/h5-9,13-15,21H,4,10-12H2,1-3H3,(H,24,25). The van der Waals surface area contributed by atoms with E-state index in [9.17, 15) is 14.7 Å². The Kier molecular flexibility index (Phi) is 7.55. The van der Waals surface area contributed by atoms with Crippen LogP contribution in [0.3, 0.4) is 0 Å². The molecule has 0 saturated heterocycles. The Labute approximate surface area is 159 Å². The highest BCUT2D eigenvalue weighted by molar-refractivity contribution is 5.88. The van der Waals surface area contributed by atoms with Gasteiger partial charge in [0, 0.05) is 24.8 Å². The van der Waals surface area contributed by atoms with Crippen LogP contribution < -0.4 is 5.32 Å². The van der Waals surface area contributed by atoms with Gasteiger partial charge in [-0.3, -0.25) is 4.79 Å².